The molecule has 7 nitrogen and oxygen atoms in total. The molecule has 5 rings (SSSR count). The number of nitrogens with zero attached hydrogens (tertiary/aromatic N) is 2. The van der Waals surface area contributed by atoms with Gasteiger partial charge in [0.05, 0.1) is 5.60 Å². The van der Waals surface area contributed by atoms with Gasteiger partial charge in [0, 0.05) is 32.6 Å². The molecule has 2 amide bonds. The lowest BCUT2D eigenvalue weighted by molar-refractivity contribution is -0.163. The molecular weight excluding hydrogens is 526 g/mol. The second-order valence-corrected chi connectivity index (χ2v) is 11.7. The highest BCUT2D eigenvalue weighted by molar-refractivity contribution is 6.00. The highest BCUT2D eigenvalue weighted by Crippen LogP contribution is 2.37. The second kappa shape index (κ2) is 13.4. The number of rotatable bonds is 9. The Hall–Kier alpha value is -2.61. The fourth-order valence-electron chi connectivity index (χ4n) is 6.57. The number of ether oxygens (including phenoxy) is 1. The zero-order valence-corrected chi connectivity index (χ0v) is 24.5. The van der Waals surface area contributed by atoms with Crippen LogP contribution >= 0.6 is 12.4 Å². The van der Waals surface area contributed by atoms with Crippen molar-refractivity contribution in [3.8, 4) is 11.5 Å². The number of hydrogen-bond donors (Lipinski definition) is 2. The van der Waals surface area contributed by atoms with Gasteiger partial charge in [-0.05, 0) is 61.9 Å². The van der Waals surface area contributed by atoms with Crippen LogP contribution in [0.5, 0.6) is 11.5 Å². The zero-order chi connectivity index (χ0) is 27.3. The van der Waals surface area contributed by atoms with Crippen molar-refractivity contribution in [2.45, 2.75) is 94.9 Å². The number of carbonyl (C=O) groups is 2. The van der Waals surface area contributed by atoms with Gasteiger partial charge in [-0.15, -0.1) is 12.4 Å². The summed E-state index contributed by atoms with van der Waals surface area (Å²) in [5, 5.41) is 14.2. The van der Waals surface area contributed by atoms with E-state index in [0.29, 0.717) is 38.6 Å². The molecule has 1 atom stereocenters. The summed E-state index contributed by atoms with van der Waals surface area (Å²) in [4.78, 5) is 31.7. The van der Waals surface area contributed by atoms with Gasteiger partial charge in [0.15, 0.2) is 0 Å². The van der Waals surface area contributed by atoms with Gasteiger partial charge in [-0.2, -0.15) is 0 Å². The van der Waals surface area contributed by atoms with Crippen molar-refractivity contribution < 1.29 is 19.4 Å². The van der Waals surface area contributed by atoms with E-state index in [9.17, 15) is 14.7 Å². The van der Waals surface area contributed by atoms with Crippen LogP contribution in [0.25, 0.3) is 0 Å². The van der Waals surface area contributed by atoms with Crippen LogP contribution in [-0.2, 0) is 16.1 Å². The first kappa shape index (κ1) is 30.4. The Morgan fingerprint density at radius 1 is 0.925 bits per heavy atom. The van der Waals surface area contributed by atoms with E-state index in [1.165, 1.54) is 5.56 Å². The largest absolute Gasteiger partial charge is 0.457 e. The summed E-state index contributed by atoms with van der Waals surface area (Å²) in [6, 6.07) is 17.3. The van der Waals surface area contributed by atoms with Gasteiger partial charge >= 0.3 is 0 Å². The minimum Gasteiger partial charge on any atom is -0.457 e. The molecule has 2 heterocycles. The first-order valence-electron chi connectivity index (χ1n) is 14.8. The molecular formula is C32H44ClN3O4. The summed E-state index contributed by atoms with van der Waals surface area (Å²) >= 11 is 0. The molecule has 0 radical (unpaired) electrons. The maximum absolute atomic E-state index is 13.8. The number of hydrogen-bond acceptors (Lipinski definition) is 5. The van der Waals surface area contributed by atoms with Gasteiger partial charge < -0.3 is 20.1 Å². The Bertz CT molecular complexity index is 1110. The molecule has 3 fully saturated rings. The van der Waals surface area contributed by atoms with Crippen molar-refractivity contribution in [1.82, 2.24) is 15.1 Å². The summed E-state index contributed by atoms with van der Waals surface area (Å²) in [5.41, 5.74) is -0.446. The van der Waals surface area contributed by atoms with E-state index < -0.39 is 17.2 Å². The predicted octanol–water partition coefficient (Wildman–Crippen LogP) is 5.45. The number of likely N-dealkylation sites (tertiary alicyclic amines) is 1. The summed E-state index contributed by atoms with van der Waals surface area (Å²) in [7, 11) is 0. The number of carbonyl (C=O) groups excluding carboxylic acids is 2. The molecule has 40 heavy (non-hydrogen) atoms. The van der Waals surface area contributed by atoms with Gasteiger partial charge in [-0.25, -0.2) is 0 Å². The summed E-state index contributed by atoms with van der Waals surface area (Å²) in [6.45, 7) is 5.00. The normalized spacial score (nSPS) is 22.4. The van der Waals surface area contributed by atoms with Gasteiger partial charge in [-0.3, -0.25) is 14.5 Å². The van der Waals surface area contributed by atoms with E-state index in [-0.39, 0.29) is 24.2 Å². The molecule has 0 bridgehead atoms. The molecule has 1 saturated carbocycles. The number of aliphatic hydroxyl groups is 1. The molecule has 0 aromatic heterocycles. The van der Waals surface area contributed by atoms with Crippen molar-refractivity contribution in [1.29, 1.82) is 0 Å². The number of piperidine rings is 1. The maximum atomic E-state index is 13.8. The second-order valence-electron chi connectivity index (χ2n) is 11.7. The van der Waals surface area contributed by atoms with Gasteiger partial charge in [-0.1, -0.05) is 62.9 Å². The van der Waals surface area contributed by atoms with Gasteiger partial charge in [0.2, 0.25) is 11.8 Å². The minimum atomic E-state index is -0.849. The summed E-state index contributed by atoms with van der Waals surface area (Å²) in [6.07, 6.45) is 7.92. The first-order valence-corrected chi connectivity index (χ1v) is 14.8. The molecule has 3 aliphatic rings. The third-order valence-corrected chi connectivity index (χ3v) is 8.90. The molecule has 1 aliphatic carbocycles. The predicted molar refractivity (Wildman–Crippen MR) is 159 cm³/mol. The van der Waals surface area contributed by atoms with E-state index in [2.05, 4.69) is 29.3 Å². The van der Waals surface area contributed by atoms with E-state index in [1.807, 2.05) is 47.4 Å². The van der Waals surface area contributed by atoms with Crippen LogP contribution in [0, 0.1) is 0 Å². The minimum absolute atomic E-state index is 0. The monoisotopic (exact) mass is 569 g/mol. The van der Waals surface area contributed by atoms with Gasteiger partial charge in [0.1, 0.15) is 23.1 Å². The van der Waals surface area contributed by atoms with Crippen molar-refractivity contribution in [3.05, 3.63) is 60.2 Å². The highest BCUT2D eigenvalue weighted by Gasteiger charge is 2.54. The Balaban J connectivity index is 0.00000370. The van der Waals surface area contributed by atoms with Crippen LogP contribution in [-0.4, -0.2) is 63.5 Å². The van der Waals surface area contributed by atoms with Crippen molar-refractivity contribution in [2.75, 3.05) is 19.6 Å². The summed E-state index contributed by atoms with van der Waals surface area (Å²) < 4.78 is 5.92. The Morgan fingerprint density at radius 2 is 1.57 bits per heavy atom. The average molecular weight is 570 g/mol. The first-order chi connectivity index (χ1) is 18.9. The fourth-order valence-corrected chi connectivity index (χ4v) is 6.57. The Kier molecular flexibility index (Phi) is 10.1. The molecule has 1 spiro atoms. The molecule has 218 valence electrons. The highest BCUT2D eigenvalue weighted by atomic mass is 35.5. The lowest BCUT2D eigenvalue weighted by Crippen LogP contribution is -2.73. The average Bonchev–Trinajstić information content (AvgIpc) is 2.95. The molecule has 2 aliphatic heterocycles. The number of benzene rings is 2. The quantitative estimate of drug-likeness (QED) is 0.420. The number of unbranched alkanes of at least 4 members (excludes halogenated alkanes) is 1. The molecule has 8 heteroatoms. The Morgan fingerprint density at radius 3 is 2.23 bits per heavy atom. The van der Waals surface area contributed by atoms with E-state index in [0.717, 1.165) is 63.2 Å². The molecule has 2 N–H and O–H groups in total. The third-order valence-electron chi connectivity index (χ3n) is 8.90. The van der Waals surface area contributed by atoms with Crippen LogP contribution in [0.3, 0.4) is 0 Å². The van der Waals surface area contributed by atoms with Crippen LogP contribution in [0.2, 0.25) is 0 Å². The van der Waals surface area contributed by atoms with Crippen molar-refractivity contribution in [2.24, 2.45) is 0 Å². The number of halogens is 1. The van der Waals surface area contributed by atoms with Gasteiger partial charge in [0.25, 0.3) is 0 Å². The molecule has 2 aromatic rings. The van der Waals surface area contributed by atoms with Crippen molar-refractivity contribution in [3.63, 3.8) is 0 Å². The lowest BCUT2D eigenvalue weighted by atomic mass is 9.77. The maximum Gasteiger partial charge on any atom is 0.246 e. The Labute approximate surface area is 244 Å². The number of para-hydroxylation sites is 1. The van der Waals surface area contributed by atoms with Crippen LogP contribution in [0.1, 0.15) is 76.7 Å². The topological polar surface area (TPSA) is 82.1 Å². The van der Waals surface area contributed by atoms with Crippen LogP contribution < -0.4 is 10.1 Å². The fraction of sp³-hybridized carbons (Fsp3) is 0.562. The SMILES string of the molecule is CCCCN1C(=O)[C@@H](CC2(O)CCCCC2)NC(=O)C12CCN(Cc1ccc(Oc3ccccc3)cc1)CC2.Cl. The third kappa shape index (κ3) is 6.81. The van der Waals surface area contributed by atoms with E-state index in [1.54, 1.807) is 0 Å². The van der Waals surface area contributed by atoms with Crippen LogP contribution in [0.15, 0.2) is 54.6 Å². The number of amides is 2. The molecule has 0 unspecified atom stereocenters. The number of piperazine rings is 1. The number of nitrogens with one attached hydrogen (secondary N) is 1. The summed E-state index contributed by atoms with van der Waals surface area (Å²) in [5.74, 6) is 1.57. The molecule has 2 saturated heterocycles. The smallest absolute Gasteiger partial charge is 0.246 e. The standard InChI is InChI=1S/C32H43N3O4.ClH/c1-2-3-20-35-29(36)28(23-31(38)16-8-5-9-17-31)33-30(37)32(35)18-21-34(22-19-32)24-25-12-14-27(15-13-25)39-26-10-6-4-7-11-26;/h4,6-7,10-15,28,38H,2-3,5,8-9,16-24H2,1H3,(H,33,37);1H/t28-;/m1./s1. The van der Waals surface area contributed by atoms with Crippen LogP contribution in [0.4, 0.5) is 0 Å². The zero-order valence-electron chi connectivity index (χ0n) is 23.6. The van der Waals surface area contributed by atoms with E-state index in [4.69, 9.17) is 4.74 Å². The lowest BCUT2D eigenvalue weighted by Gasteiger charge is -2.52. The van der Waals surface area contributed by atoms with E-state index >= 15 is 0 Å². The van der Waals surface area contributed by atoms with Crippen molar-refractivity contribution >= 4 is 24.2 Å². The molecule has 2 aromatic carbocycles.